The maximum absolute atomic E-state index is 11.0. The lowest BCUT2D eigenvalue weighted by molar-refractivity contribution is -0.145. The van der Waals surface area contributed by atoms with Gasteiger partial charge in [-0.1, -0.05) is 6.92 Å². The summed E-state index contributed by atoms with van der Waals surface area (Å²) in [6.45, 7) is 4.71. The van der Waals surface area contributed by atoms with Gasteiger partial charge in [-0.15, -0.1) is 0 Å². The molecular formula is C9H19NO3. The smallest absolute Gasteiger partial charge is 0.309 e. The molecule has 0 saturated carbocycles. The SMILES string of the molecule is COC(=O)C(C)CN(C)CC(C)O. The second-order valence-electron chi connectivity index (χ2n) is 3.49. The molecule has 13 heavy (non-hydrogen) atoms. The van der Waals surface area contributed by atoms with Crippen molar-refractivity contribution in [3.63, 3.8) is 0 Å². The van der Waals surface area contributed by atoms with E-state index < -0.39 is 0 Å². The predicted octanol–water partition coefficient (Wildman–Crippen LogP) is 0.108. The van der Waals surface area contributed by atoms with E-state index in [2.05, 4.69) is 4.74 Å². The van der Waals surface area contributed by atoms with E-state index in [-0.39, 0.29) is 18.0 Å². The highest BCUT2D eigenvalue weighted by molar-refractivity contribution is 5.71. The van der Waals surface area contributed by atoms with Crippen LogP contribution in [0.1, 0.15) is 13.8 Å². The molecule has 0 rings (SSSR count). The number of aliphatic hydroxyl groups excluding tert-OH is 1. The number of ether oxygens (including phenoxy) is 1. The van der Waals surface area contributed by atoms with Crippen LogP contribution < -0.4 is 0 Å². The molecule has 2 unspecified atom stereocenters. The van der Waals surface area contributed by atoms with E-state index in [1.165, 1.54) is 7.11 Å². The van der Waals surface area contributed by atoms with Crippen LogP contribution in [0.15, 0.2) is 0 Å². The number of carbonyl (C=O) groups is 1. The molecule has 0 saturated heterocycles. The summed E-state index contributed by atoms with van der Waals surface area (Å²) < 4.78 is 4.59. The van der Waals surface area contributed by atoms with Crippen molar-refractivity contribution in [2.24, 2.45) is 5.92 Å². The normalized spacial score (nSPS) is 15.5. The topological polar surface area (TPSA) is 49.8 Å². The zero-order valence-electron chi connectivity index (χ0n) is 8.78. The van der Waals surface area contributed by atoms with Crippen LogP contribution in [0, 0.1) is 5.92 Å². The molecule has 2 atom stereocenters. The first-order valence-electron chi connectivity index (χ1n) is 4.41. The van der Waals surface area contributed by atoms with Gasteiger partial charge in [-0.2, -0.15) is 0 Å². The minimum absolute atomic E-state index is 0.145. The zero-order valence-corrected chi connectivity index (χ0v) is 8.78. The number of likely N-dealkylation sites (N-methyl/N-ethyl adjacent to an activating group) is 1. The maximum atomic E-state index is 11.0. The first-order chi connectivity index (χ1) is 5.97. The summed E-state index contributed by atoms with van der Waals surface area (Å²) in [6.07, 6.45) is -0.366. The third kappa shape index (κ3) is 5.60. The summed E-state index contributed by atoms with van der Waals surface area (Å²) in [5.74, 6) is -0.355. The van der Waals surface area contributed by atoms with Gasteiger partial charge in [-0.3, -0.25) is 4.79 Å². The van der Waals surface area contributed by atoms with Gasteiger partial charge in [0.1, 0.15) is 0 Å². The molecule has 0 aliphatic carbocycles. The summed E-state index contributed by atoms with van der Waals surface area (Å²) in [7, 11) is 3.25. The lowest BCUT2D eigenvalue weighted by Gasteiger charge is -2.20. The van der Waals surface area contributed by atoms with Gasteiger partial charge in [-0.05, 0) is 14.0 Å². The van der Waals surface area contributed by atoms with E-state index in [1.807, 2.05) is 18.9 Å². The van der Waals surface area contributed by atoms with Crippen LogP contribution in [0.3, 0.4) is 0 Å². The number of hydrogen-bond donors (Lipinski definition) is 1. The van der Waals surface area contributed by atoms with Crippen LogP contribution >= 0.6 is 0 Å². The first kappa shape index (κ1) is 12.4. The average molecular weight is 189 g/mol. The lowest BCUT2D eigenvalue weighted by Crippen LogP contribution is -2.33. The molecule has 0 aliphatic heterocycles. The van der Waals surface area contributed by atoms with Crippen molar-refractivity contribution in [1.82, 2.24) is 4.90 Å². The lowest BCUT2D eigenvalue weighted by atomic mass is 10.1. The summed E-state index contributed by atoms with van der Waals surface area (Å²) in [6, 6.07) is 0. The molecule has 4 heteroatoms. The standard InChI is InChI=1S/C9H19NO3/c1-7(9(12)13-4)5-10(3)6-8(2)11/h7-8,11H,5-6H2,1-4H3. The van der Waals surface area contributed by atoms with E-state index in [0.29, 0.717) is 13.1 Å². The molecule has 0 radical (unpaired) electrons. The largest absolute Gasteiger partial charge is 0.469 e. The summed E-state index contributed by atoms with van der Waals surface area (Å²) >= 11 is 0. The number of carbonyl (C=O) groups excluding carboxylic acids is 1. The van der Waals surface area contributed by atoms with Gasteiger partial charge in [0, 0.05) is 13.1 Å². The first-order valence-corrected chi connectivity index (χ1v) is 4.41. The molecule has 0 spiro atoms. The summed E-state index contributed by atoms with van der Waals surface area (Å²) in [4.78, 5) is 12.9. The Hall–Kier alpha value is -0.610. The third-order valence-electron chi connectivity index (χ3n) is 1.76. The molecule has 0 aliphatic rings. The quantitative estimate of drug-likeness (QED) is 0.624. The van der Waals surface area contributed by atoms with Crippen LogP contribution in [0.4, 0.5) is 0 Å². The summed E-state index contributed by atoms with van der Waals surface area (Å²) in [5, 5.41) is 9.07. The van der Waals surface area contributed by atoms with Gasteiger partial charge in [0.15, 0.2) is 0 Å². The van der Waals surface area contributed by atoms with E-state index in [9.17, 15) is 4.79 Å². The van der Waals surface area contributed by atoms with E-state index in [1.54, 1.807) is 6.92 Å². The molecule has 0 bridgehead atoms. The van der Waals surface area contributed by atoms with E-state index in [4.69, 9.17) is 5.11 Å². The van der Waals surface area contributed by atoms with Crippen molar-refractivity contribution in [2.45, 2.75) is 20.0 Å². The fraction of sp³-hybridized carbons (Fsp3) is 0.889. The fourth-order valence-corrected chi connectivity index (χ4v) is 1.27. The van der Waals surface area contributed by atoms with Crippen molar-refractivity contribution in [1.29, 1.82) is 0 Å². The average Bonchev–Trinajstić information content (AvgIpc) is 2.01. The number of esters is 1. The van der Waals surface area contributed by atoms with E-state index >= 15 is 0 Å². The number of methoxy groups -OCH3 is 1. The Morgan fingerprint density at radius 1 is 1.46 bits per heavy atom. The van der Waals surface area contributed by atoms with Crippen LogP contribution in [-0.4, -0.2) is 49.3 Å². The molecule has 78 valence electrons. The second-order valence-corrected chi connectivity index (χ2v) is 3.49. The Kier molecular flexibility index (Phi) is 5.66. The summed E-state index contributed by atoms with van der Waals surface area (Å²) in [5.41, 5.74) is 0. The highest BCUT2D eigenvalue weighted by Gasteiger charge is 2.15. The Labute approximate surface area is 79.5 Å². The van der Waals surface area contributed by atoms with Crippen molar-refractivity contribution in [3.8, 4) is 0 Å². The number of rotatable bonds is 5. The molecule has 0 aromatic carbocycles. The predicted molar refractivity (Wildman–Crippen MR) is 50.4 cm³/mol. The second kappa shape index (κ2) is 5.94. The van der Waals surface area contributed by atoms with Crippen molar-refractivity contribution in [3.05, 3.63) is 0 Å². The number of aliphatic hydroxyl groups is 1. The Morgan fingerprint density at radius 2 is 2.00 bits per heavy atom. The van der Waals surface area contributed by atoms with Gasteiger partial charge in [0.05, 0.1) is 19.1 Å². The molecule has 1 N–H and O–H groups in total. The fourth-order valence-electron chi connectivity index (χ4n) is 1.27. The minimum Gasteiger partial charge on any atom is -0.469 e. The zero-order chi connectivity index (χ0) is 10.4. The van der Waals surface area contributed by atoms with Crippen LogP contribution in [0.25, 0.3) is 0 Å². The van der Waals surface area contributed by atoms with Crippen LogP contribution in [-0.2, 0) is 9.53 Å². The molecule has 0 heterocycles. The molecule has 0 amide bonds. The highest BCUT2D eigenvalue weighted by atomic mass is 16.5. The van der Waals surface area contributed by atoms with Gasteiger partial charge in [-0.25, -0.2) is 0 Å². The van der Waals surface area contributed by atoms with Gasteiger partial charge >= 0.3 is 5.97 Å². The number of nitrogens with zero attached hydrogens (tertiary/aromatic N) is 1. The molecule has 4 nitrogen and oxygen atoms in total. The van der Waals surface area contributed by atoms with Gasteiger partial charge < -0.3 is 14.7 Å². The molecular weight excluding hydrogens is 170 g/mol. The third-order valence-corrected chi connectivity index (χ3v) is 1.76. The van der Waals surface area contributed by atoms with Crippen molar-refractivity contribution in [2.75, 3.05) is 27.2 Å². The van der Waals surface area contributed by atoms with Crippen molar-refractivity contribution >= 4 is 5.97 Å². The van der Waals surface area contributed by atoms with E-state index in [0.717, 1.165) is 0 Å². The Morgan fingerprint density at radius 3 is 2.38 bits per heavy atom. The Balaban J connectivity index is 3.77. The van der Waals surface area contributed by atoms with Crippen LogP contribution in [0.5, 0.6) is 0 Å². The van der Waals surface area contributed by atoms with Crippen LogP contribution in [0.2, 0.25) is 0 Å². The molecule has 0 aromatic rings. The van der Waals surface area contributed by atoms with Gasteiger partial charge in [0.25, 0.3) is 0 Å². The maximum Gasteiger partial charge on any atom is 0.309 e. The monoisotopic (exact) mass is 189 g/mol. The molecule has 0 aromatic heterocycles. The Bertz CT molecular complexity index is 159. The van der Waals surface area contributed by atoms with Crippen molar-refractivity contribution < 1.29 is 14.6 Å². The highest BCUT2D eigenvalue weighted by Crippen LogP contribution is 2.00. The number of hydrogen-bond acceptors (Lipinski definition) is 4. The minimum atomic E-state index is -0.366. The molecule has 0 fully saturated rings. The van der Waals surface area contributed by atoms with Gasteiger partial charge in [0.2, 0.25) is 0 Å².